The highest BCUT2D eigenvalue weighted by atomic mass is 14.0. The van der Waals surface area contributed by atoms with Crippen molar-refractivity contribution in [3.8, 4) is 0 Å². The minimum absolute atomic E-state index is 0.750. The summed E-state index contributed by atoms with van der Waals surface area (Å²) in [6.07, 6.45) is 5.64. The van der Waals surface area contributed by atoms with E-state index in [9.17, 15) is 0 Å². The monoisotopic (exact) mass is 174 g/mol. The van der Waals surface area contributed by atoms with Crippen LogP contribution in [0.5, 0.6) is 0 Å². The molecule has 0 heteroatoms. The van der Waals surface area contributed by atoms with E-state index in [2.05, 4.69) is 57.2 Å². The molecule has 70 valence electrons. The van der Waals surface area contributed by atoms with Gasteiger partial charge >= 0.3 is 0 Å². The molecule has 0 N–H and O–H groups in total. The van der Waals surface area contributed by atoms with Gasteiger partial charge in [-0.15, -0.1) is 0 Å². The van der Waals surface area contributed by atoms with E-state index in [-0.39, 0.29) is 0 Å². The Morgan fingerprint density at radius 1 is 1.23 bits per heavy atom. The topological polar surface area (TPSA) is 0 Å². The highest BCUT2D eigenvalue weighted by molar-refractivity contribution is 5.53. The van der Waals surface area contributed by atoms with Gasteiger partial charge in [-0.3, -0.25) is 0 Å². The van der Waals surface area contributed by atoms with Crippen molar-refractivity contribution >= 4 is 6.08 Å². The Bertz CT molecular complexity index is 282. The zero-order valence-corrected chi connectivity index (χ0v) is 8.75. The summed E-state index contributed by atoms with van der Waals surface area (Å²) < 4.78 is 0. The Morgan fingerprint density at radius 3 is 2.54 bits per heavy atom. The first-order valence-corrected chi connectivity index (χ1v) is 4.92. The number of allylic oxidation sites excluding steroid dienone is 1. The highest BCUT2D eigenvalue weighted by Crippen LogP contribution is 2.10. The van der Waals surface area contributed by atoms with Crippen LogP contribution >= 0.6 is 0 Å². The second-order valence-corrected chi connectivity index (χ2v) is 3.89. The molecule has 13 heavy (non-hydrogen) atoms. The van der Waals surface area contributed by atoms with E-state index in [0.717, 1.165) is 12.3 Å². The van der Waals surface area contributed by atoms with Crippen molar-refractivity contribution in [1.29, 1.82) is 0 Å². The molecule has 0 aliphatic rings. The molecular weight excluding hydrogens is 156 g/mol. The molecule has 0 saturated carbocycles. The van der Waals surface area contributed by atoms with Crippen LogP contribution in [0.3, 0.4) is 0 Å². The van der Waals surface area contributed by atoms with Gasteiger partial charge in [0.25, 0.3) is 0 Å². The second kappa shape index (κ2) is 4.86. The van der Waals surface area contributed by atoms with E-state index in [0.29, 0.717) is 0 Å². The first kappa shape index (κ1) is 10.0. The van der Waals surface area contributed by atoms with Crippen LogP contribution in [0, 0.1) is 12.8 Å². The maximum atomic E-state index is 2.26. The quantitative estimate of drug-likeness (QED) is 0.648. The number of aryl methyl sites for hydroxylation is 1. The van der Waals surface area contributed by atoms with Crippen molar-refractivity contribution in [2.45, 2.75) is 27.2 Å². The molecular formula is C13H18. The smallest absolute Gasteiger partial charge is 0.0231 e. The van der Waals surface area contributed by atoms with E-state index >= 15 is 0 Å². The third-order valence-corrected chi connectivity index (χ3v) is 2.09. The molecule has 1 aromatic rings. The molecule has 0 unspecified atom stereocenters. The van der Waals surface area contributed by atoms with Crippen LogP contribution in [0.15, 0.2) is 30.3 Å². The molecule has 0 heterocycles. The van der Waals surface area contributed by atoms with E-state index in [1.807, 2.05) is 0 Å². The summed E-state index contributed by atoms with van der Waals surface area (Å²) in [5, 5.41) is 0. The minimum Gasteiger partial charge on any atom is -0.0837 e. The molecule has 0 atom stereocenters. The summed E-state index contributed by atoms with van der Waals surface area (Å²) in [6, 6.07) is 8.47. The van der Waals surface area contributed by atoms with Gasteiger partial charge in [-0.05, 0) is 30.4 Å². The van der Waals surface area contributed by atoms with Crippen molar-refractivity contribution in [2.75, 3.05) is 0 Å². The number of rotatable bonds is 3. The normalized spacial score (nSPS) is 11.4. The fourth-order valence-electron chi connectivity index (χ4n) is 1.24. The molecule has 0 nitrogen and oxygen atoms in total. The molecule has 0 spiro atoms. The fourth-order valence-corrected chi connectivity index (χ4v) is 1.24. The van der Waals surface area contributed by atoms with E-state index in [4.69, 9.17) is 0 Å². The molecule has 1 rings (SSSR count). The van der Waals surface area contributed by atoms with Crippen LogP contribution in [0.4, 0.5) is 0 Å². The molecule has 0 aliphatic heterocycles. The van der Waals surface area contributed by atoms with Gasteiger partial charge in [-0.1, -0.05) is 50.3 Å². The molecule has 0 saturated heterocycles. The third-order valence-electron chi connectivity index (χ3n) is 2.09. The first-order valence-electron chi connectivity index (χ1n) is 4.92. The third kappa shape index (κ3) is 3.45. The summed E-state index contributed by atoms with van der Waals surface area (Å²) in [7, 11) is 0. The molecule has 0 aliphatic carbocycles. The molecule has 0 aromatic heterocycles. The predicted octanol–water partition coefficient (Wildman–Crippen LogP) is 4.05. The number of hydrogen-bond donors (Lipinski definition) is 0. The molecule has 0 fully saturated rings. The maximum absolute atomic E-state index is 2.26. The lowest BCUT2D eigenvalue weighted by Gasteiger charge is -2.00. The molecule has 0 radical (unpaired) electrons. The Hall–Kier alpha value is -1.04. The number of hydrogen-bond acceptors (Lipinski definition) is 0. The van der Waals surface area contributed by atoms with Crippen LogP contribution < -0.4 is 0 Å². The summed E-state index contributed by atoms with van der Waals surface area (Å²) in [6.45, 7) is 6.62. The maximum Gasteiger partial charge on any atom is -0.0231 e. The first-order chi connectivity index (χ1) is 6.20. The molecule has 0 bridgehead atoms. The Kier molecular flexibility index (Phi) is 3.75. The van der Waals surface area contributed by atoms with Crippen LogP contribution in [-0.2, 0) is 0 Å². The lowest BCUT2D eigenvalue weighted by molar-refractivity contribution is 0.665. The molecule has 0 amide bonds. The summed E-state index contributed by atoms with van der Waals surface area (Å²) >= 11 is 0. The largest absolute Gasteiger partial charge is 0.0837 e. The Labute approximate surface area is 81.3 Å². The van der Waals surface area contributed by atoms with Gasteiger partial charge in [0.1, 0.15) is 0 Å². The fraction of sp³-hybridized carbons (Fsp3) is 0.385. The lowest BCUT2D eigenvalue weighted by atomic mass is 10.1. The van der Waals surface area contributed by atoms with Crippen LogP contribution in [0.25, 0.3) is 6.08 Å². The predicted molar refractivity (Wildman–Crippen MR) is 59.7 cm³/mol. The molecule has 1 aromatic carbocycles. The number of benzene rings is 1. The summed E-state index contributed by atoms with van der Waals surface area (Å²) in [5.74, 6) is 0.750. The zero-order chi connectivity index (χ0) is 9.68. The van der Waals surface area contributed by atoms with Gasteiger partial charge in [-0.2, -0.15) is 0 Å². The zero-order valence-electron chi connectivity index (χ0n) is 8.75. The minimum atomic E-state index is 0.750. The van der Waals surface area contributed by atoms with Crippen LogP contribution in [0.2, 0.25) is 0 Å². The van der Waals surface area contributed by atoms with E-state index in [1.54, 1.807) is 0 Å². The summed E-state index contributed by atoms with van der Waals surface area (Å²) in [4.78, 5) is 0. The van der Waals surface area contributed by atoms with Gasteiger partial charge in [0.2, 0.25) is 0 Å². The van der Waals surface area contributed by atoms with Crippen molar-refractivity contribution in [3.05, 3.63) is 41.5 Å². The average molecular weight is 174 g/mol. The van der Waals surface area contributed by atoms with Gasteiger partial charge in [0.15, 0.2) is 0 Å². The van der Waals surface area contributed by atoms with Gasteiger partial charge in [0, 0.05) is 0 Å². The Balaban J connectivity index is 2.63. The standard InChI is InChI=1S/C13H18/c1-11(2)7-6-10-13-9-5-4-8-12(13)3/h4-6,8-11H,7H2,1-3H3. The second-order valence-electron chi connectivity index (χ2n) is 3.89. The van der Waals surface area contributed by atoms with Gasteiger partial charge in [-0.25, -0.2) is 0 Å². The van der Waals surface area contributed by atoms with Gasteiger partial charge < -0.3 is 0 Å². The van der Waals surface area contributed by atoms with Crippen molar-refractivity contribution < 1.29 is 0 Å². The van der Waals surface area contributed by atoms with Gasteiger partial charge in [0.05, 0.1) is 0 Å². The van der Waals surface area contributed by atoms with E-state index in [1.165, 1.54) is 11.1 Å². The SMILES string of the molecule is Cc1ccccc1C=CCC(C)C. The lowest BCUT2D eigenvalue weighted by Crippen LogP contribution is -1.82. The average Bonchev–Trinajstić information content (AvgIpc) is 2.08. The summed E-state index contributed by atoms with van der Waals surface area (Å²) in [5.41, 5.74) is 2.69. The Morgan fingerprint density at radius 2 is 1.92 bits per heavy atom. The van der Waals surface area contributed by atoms with Crippen molar-refractivity contribution in [2.24, 2.45) is 5.92 Å². The van der Waals surface area contributed by atoms with Crippen molar-refractivity contribution in [1.82, 2.24) is 0 Å². The van der Waals surface area contributed by atoms with Crippen LogP contribution in [0.1, 0.15) is 31.4 Å². The van der Waals surface area contributed by atoms with Crippen LogP contribution in [-0.4, -0.2) is 0 Å². The van der Waals surface area contributed by atoms with Crippen molar-refractivity contribution in [3.63, 3.8) is 0 Å². The highest BCUT2D eigenvalue weighted by Gasteiger charge is 1.91. The van der Waals surface area contributed by atoms with E-state index < -0.39 is 0 Å².